The molecule has 2 aromatic carbocycles. The number of amides is 1. The van der Waals surface area contributed by atoms with Crippen molar-refractivity contribution in [2.75, 3.05) is 25.0 Å². The molecule has 3 rings (SSSR count). The molecule has 1 atom stereocenters. The van der Waals surface area contributed by atoms with Crippen LogP contribution in [-0.4, -0.2) is 38.3 Å². The summed E-state index contributed by atoms with van der Waals surface area (Å²) in [5.41, 5.74) is 2.95. The third-order valence-corrected chi connectivity index (χ3v) is 8.49. The summed E-state index contributed by atoms with van der Waals surface area (Å²) in [6, 6.07) is 8.51. The SMILES string of the molecule is CCOc1ccc(S(=O)(=O)N2CCC[C@H](C(=O)Nc3c(CC)cc(Br)cc3CC)C2)cc1Cl. The van der Waals surface area contributed by atoms with E-state index >= 15 is 0 Å². The van der Waals surface area contributed by atoms with Crippen LogP contribution in [-0.2, 0) is 27.7 Å². The molecule has 0 aliphatic carbocycles. The van der Waals surface area contributed by atoms with E-state index in [1.54, 1.807) is 6.07 Å². The van der Waals surface area contributed by atoms with Crippen LogP contribution in [0.5, 0.6) is 5.75 Å². The Morgan fingerprint density at radius 1 is 1.18 bits per heavy atom. The second kappa shape index (κ2) is 11.2. The lowest BCUT2D eigenvalue weighted by molar-refractivity contribution is -0.120. The predicted molar refractivity (Wildman–Crippen MR) is 136 cm³/mol. The third-order valence-electron chi connectivity index (χ3n) is 5.87. The van der Waals surface area contributed by atoms with E-state index in [9.17, 15) is 13.2 Å². The van der Waals surface area contributed by atoms with E-state index in [1.807, 2.05) is 32.9 Å². The molecule has 0 radical (unpaired) electrons. The number of nitrogens with one attached hydrogen (secondary N) is 1. The lowest BCUT2D eigenvalue weighted by atomic mass is 9.97. The molecule has 6 nitrogen and oxygen atoms in total. The highest BCUT2D eigenvalue weighted by molar-refractivity contribution is 9.10. The summed E-state index contributed by atoms with van der Waals surface area (Å²) in [6.07, 6.45) is 2.82. The van der Waals surface area contributed by atoms with Crippen LogP contribution in [0.2, 0.25) is 5.02 Å². The van der Waals surface area contributed by atoms with E-state index in [-0.39, 0.29) is 22.4 Å². The van der Waals surface area contributed by atoms with Crippen molar-refractivity contribution in [3.05, 3.63) is 51.0 Å². The number of carbonyl (C=O) groups is 1. The quantitative estimate of drug-likeness (QED) is 0.454. The highest BCUT2D eigenvalue weighted by Gasteiger charge is 2.34. The summed E-state index contributed by atoms with van der Waals surface area (Å²) in [5.74, 6) is -0.127. The zero-order valence-electron chi connectivity index (χ0n) is 19.2. The average Bonchev–Trinajstić information content (AvgIpc) is 2.81. The summed E-state index contributed by atoms with van der Waals surface area (Å²) in [4.78, 5) is 13.3. The number of hydrogen-bond donors (Lipinski definition) is 1. The summed E-state index contributed by atoms with van der Waals surface area (Å²) in [5, 5.41) is 3.35. The Labute approximate surface area is 209 Å². The van der Waals surface area contributed by atoms with Gasteiger partial charge in [0, 0.05) is 23.2 Å². The third kappa shape index (κ3) is 5.91. The molecule has 33 heavy (non-hydrogen) atoms. The van der Waals surface area contributed by atoms with Gasteiger partial charge in [-0.15, -0.1) is 0 Å². The molecule has 1 aliphatic heterocycles. The largest absolute Gasteiger partial charge is 0.492 e. The molecule has 0 spiro atoms. The van der Waals surface area contributed by atoms with Crippen molar-refractivity contribution in [3.8, 4) is 5.75 Å². The number of sulfonamides is 1. The van der Waals surface area contributed by atoms with Gasteiger partial charge in [0.2, 0.25) is 15.9 Å². The zero-order chi connectivity index (χ0) is 24.2. The number of hydrogen-bond acceptors (Lipinski definition) is 4. The van der Waals surface area contributed by atoms with Gasteiger partial charge in [-0.2, -0.15) is 4.31 Å². The van der Waals surface area contributed by atoms with Gasteiger partial charge >= 0.3 is 0 Å². The van der Waals surface area contributed by atoms with Crippen LogP contribution in [0, 0.1) is 5.92 Å². The van der Waals surface area contributed by atoms with E-state index in [0.717, 1.165) is 34.1 Å². The van der Waals surface area contributed by atoms with Crippen LogP contribution in [0.1, 0.15) is 44.7 Å². The summed E-state index contributed by atoms with van der Waals surface area (Å²) in [6.45, 7) is 6.88. The molecule has 1 saturated heterocycles. The Balaban J connectivity index is 1.79. The Morgan fingerprint density at radius 3 is 2.42 bits per heavy atom. The van der Waals surface area contributed by atoms with Crippen LogP contribution >= 0.6 is 27.5 Å². The number of halogens is 2. The monoisotopic (exact) mass is 556 g/mol. The number of rotatable bonds is 8. The van der Waals surface area contributed by atoms with Crippen LogP contribution in [0.4, 0.5) is 5.69 Å². The lowest BCUT2D eigenvalue weighted by Gasteiger charge is -2.31. The fourth-order valence-electron chi connectivity index (χ4n) is 4.11. The first kappa shape index (κ1) is 26.0. The highest BCUT2D eigenvalue weighted by Crippen LogP contribution is 2.32. The number of ether oxygens (including phenoxy) is 1. The van der Waals surface area contributed by atoms with E-state index in [1.165, 1.54) is 16.4 Å². The highest BCUT2D eigenvalue weighted by atomic mass is 79.9. The molecule has 1 fully saturated rings. The normalized spacial score (nSPS) is 17.1. The molecule has 9 heteroatoms. The minimum absolute atomic E-state index is 0.103. The number of anilines is 1. The molecular weight excluding hydrogens is 528 g/mol. The molecule has 0 bridgehead atoms. The molecular formula is C24H30BrClN2O4S. The second-order valence-electron chi connectivity index (χ2n) is 8.02. The number of benzene rings is 2. The minimum atomic E-state index is -3.78. The van der Waals surface area contributed by atoms with Gasteiger partial charge in [0.1, 0.15) is 5.75 Å². The molecule has 0 aromatic heterocycles. The predicted octanol–water partition coefficient (Wildman–Crippen LogP) is 5.67. The van der Waals surface area contributed by atoms with Gasteiger partial charge in [-0.3, -0.25) is 4.79 Å². The molecule has 1 aliphatic rings. The van der Waals surface area contributed by atoms with Crippen LogP contribution in [0.15, 0.2) is 39.7 Å². The molecule has 0 unspecified atom stereocenters. The van der Waals surface area contributed by atoms with Crippen molar-refractivity contribution in [2.24, 2.45) is 5.92 Å². The van der Waals surface area contributed by atoms with Crippen LogP contribution in [0.3, 0.4) is 0 Å². The van der Waals surface area contributed by atoms with Crippen molar-refractivity contribution in [2.45, 2.75) is 51.3 Å². The molecule has 1 heterocycles. The number of piperidine rings is 1. The van der Waals surface area contributed by atoms with Crippen molar-refractivity contribution >= 4 is 49.1 Å². The average molecular weight is 558 g/mol. The van der Waals surface area contributed by atoms with E-state index < -0.39 is 15.9 Å². The first-order chi connectivity index (χ1) is 15.7. The maximum absolute atomic E-state index is 13.3. The Bertz CT molecular complexity index is 1100. The standard InChI is InChI=1S/C24H30BrClN2O4S/c1-4-16-12-19(25)13-17(5-2)23(16)27-24(29)18-8-7-11-28(15-18)33(30,31)20-9-10-22(32-6-3)21(26)14-20/h9-10,12-14,18H,4-8,11,15H2,1-3H3,(H,27,29)/t18-/m0/s1. The number of carbonyl (C=O) groups excluding carboxylic acids is 1. The van der Waals surface area contributed by atoms with Gasteiger partial charge in [-0.25, -0.2) is 8.42 Å². The molecule has 0 saturated carbocycles. The van der Waals surface area contributed by atoms with Gasteiger partial charge in [0.05, 0.1) is 22.4 Å². The first-order valence-corrected chi connectivity index (χ1v) is 13.9. The van der Waals surface area contributed by atoms with Crippen LogP contribution in [0.25, 0.3) is 0 Å². The van der Waals surface area contributed by atoms with Crippen molar-refractivity contribution in [1.29, 1.82) is 0 Å². The van der Waals surface area contributed by atoms with Crippen LogP contribution < -0.4 is 10.1 Å². The van der Waals surface area contributed by atoms with Crippen molar-refractivity contribution < 1.29 is 17.9 Å². The number of aryl methyl sites for hydroxylation is 2. The lowest BCUT2D eigenvalue weighted by Crippen LogP contribution is -2.43. The van der Waals surface area contributed by atoms with Crippen molar-refractivity contribution in [3.63, 3.8) is 0 Å². The molecule has 2 aromatic rings. The van der Waals surface area contributed by atoms with E-state index in [0.29, 0.717) is 31.7 Å². The molecule has 1 N–H and O–H groups in total. The zero-order valence-corrected chi connectivity index (χ0v) is 22.3. The summed E-state index contributed by atoms with van der Waals surface area (Å²) < 4.78 is 34.3. The summed E-state index contributed by atoms with van der Waals surface area (Å²) >= 11 is 9.75. The first-order valence-electron chi connectivity index (χ1n) is 11.3. The van der Waals surface area contributed by atoms with Gasteiger partial charge in [0.25, 0.3) is 0 Å². The topological polar surface area (TPSA) is 75.7 Å². The van der Waals surface area contributed by atoms with Gasteiger partial charge in [-0.05, 0) is 74.1 Å². The van der Waals surface area contributed by atoms with E-state index in [4.69, 9.17) is 16.3 Å². The minimum Gasteiger partial charge on any atom is -0.492 e. The Morgan fingerprint density at radius 2 is 1.85 bits per heavy atom. The number of nitrogens with zero attached hydrogens (tertiary/aromatic N) is 1. The fraction of sp³-hybridized carbons (Fsp3) is 0.458. The smallest absolute Gasteiger partial charge is 0.243 e. The summed E-state index contributed by atoms with van der Waals surface area (Å²) in [7, 11) is -3.78. The molecule has 1 amide bonds. The van der Waals surface area contributed by atoms with Crippen molar-refractivity contribution in [1.82, 2.24) is 4.31 Å². The fourth-order valence-corrected chi connectivity index (χ4v) is 6.51. The Hall–Kier alpha value is -1.61. The molecule has 180 valence electrons. The van der Waals surface area contributed by atoms with Gasteiger partial charge < -0.3 is 10.1 Å². The Kier molecular flexibility index (Phi) is 8.83. The van der Waals surface area contributed by atoms with Gasteiger partial charge in [0.15, 0.2) is 0 Å². The maximum atomic E-state index is 13.3. The maximum Gasteiger partial charge on any atom is 0.243 e. The second-order valence-corrected chi connectivity index (χ2v) is 11.3. The van der Waals surface area contributed by atoms with E-state index in [2.05, 4.69) is 21.2 Å². The van der Waals surface area contributed by atoms with Gasteiger partial charge in [-0.1, -0.05) is 41.4 Å².